The van der Waals surface area contributed by atoms with Crippen molar-refractivity contribution in [1.29, 1.82) is 0 Å². The SMILES string of the molecule is CNc1cccc2c(S(=O)(=O)Nc3ncc(Br)nc3OC)cccc12. The van der Waals surface area contributed by atoms with Crippen molar-refractivity contribution in [1.82, 2.24) is 9.97 Å². The minimum absolute atomic E-state index is 0.0208. The average Bonchev–Trinajstić information content (AvgIpc) is 2.61. The normalized spacial score (nSPS) is 11.3. The number of methoxy groups -OCH3 is 1. The van der Waals surface area contributed by atoms with E-state index in [9.17, 15) is 8.42 Å². The standard InChI is InChI=1S/C16H15BrN4O3S/c1-18-12-7-3-6-11-10(12)5-4-8-13(11)25(22,23)21-15-16(24-2)20-14(17)9-19-15/h3-9,18H,1-2H3,(H,19,21). The highest BCUT2D eigenvalue weighted by atomic mass is 79.9. The maximum absolute atomic E-state index is 12.9. The molecule has 0 aliphatic rings. The molecule has 2 N–H and O–H groups in total. The van der Waals surface area contributed by atoms with Gasteiger partial charge in [0.2, 0.25) is 5.82 Å². The van der Waals surface area contributed by atoms with Gasteiger partial charge in [0.1, 0.15) is 4.60 Å². The third kappa shape index (κ3) is 3.38. The number of ether oxygens (including phenoxy) is 1. The van der Waals surface area contributed by atoms with Gasteiger partial charge in [-0.25, -0.2) is 18.4 Å². The topological polar surface area (TPSA) is 93.2 Å². The molecule has 0 saturated carbocycles. The monoisotopic (exact) mass is 422 g/mol. The van der Waals surface area contributed by atoms with E-state index in [1.807, 2.05) is 12.1 Å². The summed E-state index contributed by atoms with van der Waals surface area (Å²) in [5.74, 6) is 0.0987. The van der Waals surface area contributed by atoms with Gasteiger partial charge in [0.15, 0.2) is 0 Å². The Hall–Kier alpha value is -2.39. The van der Waals surface area contributed by atoms with Crippen LogP contribution in [0.1, 0.15) is 0 Å². The lowest BCUT2D eigenvalue weighted by Crippen LogP contribution is -2.15. The first-order valence-corrected chi connectivity index (χ1v) is 9.52. The number of rotatable bonds is 5. The van der Waals surface area contributed by atoms with Crippen molar-refractivity contribution in [3.05, 3.63) is 47.2 Å². The van der Waals surface area contributed by atoms with Crippen molar-refractivity contribution in [2.24, 2.45) is 0 Å². The summed E-state index contributed by atoms with van der Waals surface area (Å²) in [6.07, 6.45) is 1.39. The van der Waals surface area contributed by atoms with Gasteiger partial charge in [0.05, 0.1) is 18.2 Å². The van der Waals surface area contributed by atoms with Gasteiger partial charge in [-0.15, -0.1) is 0 Å². The zero-order valence-corrected chi connectivity index (χ0v) is 15.8. The van der Waals surface area contributed by atoms with Crippen molar-refractivity contribution >= 4 is 48.2 Å². The van der Waals surface area contributed by atoms with Gasteiger partial charge in [0.25, 0.3) is 15.9 Å². The first-order chi connectivity index (χ1) is 12.0. The molecule has 0 unspecified atom stereocenters. The average molecular weight is 423 g/mol. The number of fused-ring (bicyclic) bond motifs is 1. The largest absolute Gasteiger partial charge is 0.478 e. The highest BCUT2D eigenvalue weighted by Crippen LogP contribution is 2.30. The lowest BCUT2D eigenvalue weighted by molar-refractivity contribution is 0.397. The van der Waals surface area contributed by atoms with Crippen LogP contribution in [0.2, 0.25) is 0 Å². The number of nitrogens with zero attached hydrogens (tertiary/aromatic N) is 2. The van der Waals surface area contributed by atoms with Gasteiger partial charge in [-0.05, 0) is 28.1 Å². The Morgan fingerprint density at radius 1 is 1.12 bits per heavy atom. The van der Waals surface area contributed by atoms with Crippen molar-refractivity contribution in [2.45, 2.75) is 4.90 Å². The van der Waals surface area contributed by atoms with Gasteiger partial charge < -0.3 is 10.1 Å². The highest BCUT2D eigenvalue weighted by molar-refractivity contribution is 9.10. The number of aromatic nitrogens is 2. The minimum Gasteiger partial charge on any atom is -0.478 e. The molecule has 3 rings (SSSR count). The fourth-order valence-corrected chi connectivity index (χ4v) is 3.97. The highest BCUT2D eigenvalue weighted by Gasteiger charge is 2.21. The van der Waals surface area contributed by atoms with Crippen molar-refractivity contribution < 1.29 is 13.2 Å². The summed E-state index contributed by atoms with van der Waals surface area (Å²) in [4.78, 5) is 8.24. The van der Waals surface area contributed by atoms with Crippen molar-refractivity contribution in [3.63, 3.8) is 0 Å². The van der Waals surface area contributed by atoms with E-state index >= 15 is 0 Å². The molecule has 9 heteroatoms. The van der Waals surface area contributed by atoms with Crippen LogP contribution in [-0.2, 0) is 10.0 Å². The molecule has 0 spiro atoms. The molecule has 7 nitrogen and oxygen atoms in total. The van der Waals surface area contributed by atoms with Crippen LogP contribution in [0.15, 0.2) is 52.1 Å². The van der Waals surface area contributed by atoms with Crippen LogP contribution in [0.25, 0.3) is 10.8 Å². The van der Waals surface area contributed by atoms with E-state index in [0.717, 1.165) is 11.1 Å². The fraction of sp³-hybridized carbons (Fsp3) is 0.125. The van der Waals surface area contributed by atoms with E-state index in [2.05, 4.69) is 35.9 Å². The number of nitrogens with one attached hydrogen (secondary N) is 2. The molecule has 0 aliphatic heterocycles. The first kappa shape index (κ1) is 17.4. The zero-order chi connectivity index (χ0) is 18.0. The first-order valence-electron chi connectivity index (χ1n) is 7.25. The van der Waals surface area contributed by atoms with Crippen molar-refractivity contribution in [2.75, 3.05) is 24.2 Å². The van der Waals surface area contributed by atoms with Gasteiger partial charge in [-0.2, -0.15) is 0 Å². The lowest BCUT2D eigenvalue weighted by Gasteiger charge is -2.13. The number of halogens is 1. The summed E-state index contributed by atoms with van der Waals surface area (Å²) >= 11 is 3.17. The Labute approximate surface area is 153 Å². The molecule has 1 heterocycles. The Morgan fingerprint density at radius 3 is 2.56 bits per heavy atom. The summed E-state index contributed by atoms with van der Waals surface area (Å²) in [6, 6.07) is 10.5. The van der Waals surface area contributed by atoms with E-state index in [4.69, 9.17) is 4.74 Å². The van der Waals surface area contributed by atoms with E-state index in [-0.39, 0.29) is 16.6 Å². The predicted octanol–water partition coefficient (Wildman–Crippen LogP) is 3.24. The second-order valence-electron chi connectivity index (χ2n) is 5.06. The molecular formula is C16H15BrN4O3S. The molecule has 0 bridgehead atoms. The summed E-state index contributed by atoms with van der Waals surface area (Å²) in [7, 11) is -0.704. The van der Waals surface area contributed by atoms with Crippen LogP contribution in [-0.4, -0.2) is 32.5 Å². The quantitative estimate of drug-likeness (QED) is 0.655. The van der Waals surface area contributed by atoms with Crippen LogP contribution >= 0.6 is 15.9 Å². The molecule has 0 atom stereocenters. The maximum atomic E-state index is 12.9. The molecule has 25 heavy (non-hydrogen) atoms. The Balaban J connectivity index is 2.11. The predicted molar refractivity (Wildman–Crippen MR) is 101 cm³/mol. The number of sulfonamides is 1. The molecular weight excluding hydrogens is 408 g/mol. The second-order valence-corrected chi connectivity index (χ2v) is 7.53. The van der Waals surface area contributed by atoms with Crippen LogP contribution < -0.4 is 14.8 Å². The molecule has 2 aromatic carbocycles. The van der Waals surface area contributed by atoms with Crippen LogP contribution in [0.4, 0.5) is 11.5 Å². The number of anilines is 2. The fourth-order valence-electron chi connectivity index (χ4n) is 2.48. The molecule has 0 radical (unpaired) electrons. The summed E-state index contributed by atoms with van der Waals surface area (Å²) < 4.78 is 33.8. The van der Waals surface area contributed by atoms with Gasteiger partial charge in [0, 0.05) is 23.5 Å². The molecule has 0 saturated heterocycles. The smallest absolute Gasteiger partial charge is 0.263 e. The molecule has 0 amide bonds. The van der Waals surface area contributed by atoms with Crippen LogP contribution in [0, 0.1) is 0 Å². The zero-order valence-electron chi connectivity index (χ0n) is 13.4. The maximum Gasteiger partial charge on any atom is 0.263 e. The van der Waals surface area contributed by atoms with Crippen LogP contribution in [0.5, 0.6) is 5.88 Å². The Morgan fingerprint density at radius 2 is 1.84 bits per heavy atom. The third-order valence-electron chi connectivity index (χ3n) is 3.58. The number of benzene rings is 2. The van der Waals surface area contributed by atoms with E-state index < -0.39 is 10.0 Å². The van der Waals surface area contributed by atoms with Crippen molar-refractivity contribution in [3.8, 4) is 5.88 Å². The Kier molecular flexibility index (Phi) is 4.78. The number of hydrogen-bond donors (Lipinski definition) is 2. The minimum atomic E-state index is -3.89. The summed E-state index contributed by atoms with van der Waals surface area (Å²) in [5, 5.41) is 4.47. The number of hydrogen-bond acceptors (Lipinski definition) is 6. The third-order valence-corrected chi connectivity index (χ3v) is 5.36. The Bertz CT molecular complexity index is 1040. The van der Waals surface area contributed by atoms with E-state index in [1.54, 1.807) is 31.3 Å². The van der Waals surface area contributed by atoms with Gasteiger partial charge in [-0.1, -0.05) is 24.3 Å². The molecule has 3 aromatic rings. The van der Waals surface area contributed by atoms with Gasteiger partial charge in [-0.3, -0.25) is 4.72 Å². The van der Waals surface area contributed by atoms with E-state index in [1.165, 1.54) is 13.3 Å². The summed E-state index contributed by atoms with van der Waals surface area (Å²) in [5.41, 5.74) is 0.843. The van der Waals surface area contributed by atoms with Gasteiger partial charge >= 0.3 is 0 Å². The molecule has 130 valence electrons. The van der Waals surface area contributed by atoms with E-state index in [0.29, 0.717) is 9.99 Å². The molecule has 0 fully saturated rings. The van der Waals surface area contributed by atoms with Crippen LogP contribution in [0.3, 0.4) is 0 Å². The molecule has 0 aliphatic carbocycles. The second kappa shape index (κ2) is 6.85. The summed E-state index contributed by atoms with van der Waals surface area (Å²) in [6.45, 7) is 0. The lowest BCUT2D eigenvalue weighted by atomic mass is 10.1. The molecule has 1 aromatic heterocycles.